The van der Waals surface area contributed by atoms with Gasteiger partial charge < -0.3 is 0 Å². The monoisotopic (exact) mass is 1850 g/mol. The van der Waals surface area contributed by atoms with Crippen LogP contribution in [0.3, 0.4) is 0 Å². The van der Waals surface area contributed by atoms with Crippen LogP contribution >= 0.6 is 34.0 Å². The van der Waals surface area contributed by atoms with Crippen molar-refractivity contribution >= 4 is 194 Å². The molecule has 0 spiro atoms. The van der Waals surface area contributed by atoms with E-state index in [1.807, 2.05) is 108 Å². The first kappa shape index (κ1) is 83.5. The molecule has 12 nitrogen and oxygen atoms in total. The van der Waals surface area contributed by atoms with Crippen molar-refractivity contribution < 1.29 is 0 Å². The van der Waals surface area contributed by atoms with Gasteiger partial charge in [0.05, 0.1) is 47.2 Å². The van der Waals surface area contributed by atoms with E-state index in [2.05, 4.69) is 379 Å². The molecule has 0 aliphatic heterocycles. The number of hydrogen-bond donors (Lipinski definition) is 0. The van der Waals surface area contributed by atoms with Crippen LogP contribution in [-0.2, 0) is 0 Å². The Morgan fingerprint density at radius 1 is 0.135 bits per heavy atom. The van der Waals surface area contributed by atoms with Gasteiger partial charge in [0, 0.05) is 38.9 Å². The molecule has 0 radical (unpaired) electrons. The molecule has 0 atom stereocenters. The lowest BCUT2D eigenvalue weighted by Crippen LogP contribution is -1.96. The molecule has 6 aromatic heterocycles. The van der Waals surface area contributed by atoms with Gasteiger partial charge in [-0.2, -0.15) is 0 Å². The van der Waals surface area contributed by atoms with Crippen molar-refractivity contribution in [1.82, 2.24) is 59.8 Å². The number of nitrogens with zero attached hydrogens (tertiary/aromatic N) is 12. The Kier molecular flexibility index (Phi) is 21.2. The second-order valence-corrected chi connectivity index (χ2v) is 37.6. The molecule has 29 aromatic rings. The van der Waals surface area contributed by atoms with Crippen molar-refractivity contribution in [3.05, 3.63) is 460 Å². The maximum atomic E-state index is 4.80. The number of thiazole rings is 3. The number of fused-ring (bicyclic) bond motifs is 27. The van der Waals surface area contributed by atoms with E-state index >= 15 is 0 Å². The molecule has 0 saturated heterocycles. The van der Waals surface area contributed by atoms with Crippen LogP contribution in [0.1, 0.15) is 0 Å². The average molecular weight is 1850 g/mol. The molecule has 141 heavy (non-hydrogen) atoms. The Hall–Kier alpha value is -18.1. The Morgan fingerprint density at radius 3 is 0.688 bits per heavy atom. The van der Waals surface area contributed by atoms with Gasteiger partial charge in [0.15, 0.2) is 34.9 Å². The predicted molar refractivity (Wildman–Crippen MR) is 590 cm³/mol. The summed E-state index contributed by atoms with van der Waals surface area (Å²) in [5.41, 5.74) is 24.6. The minimum absolute atomic E-state index is 0.648. The summed E-state index contributed by atoms with van der Waals surface area (Å²) in [4.78, 5) is 54.4. The van der Waals surface area contributed by atoms with Crippen molar-refractivity contribution in [2.45, 2.75) is 0 Å². The second-order valence-electron chi connectivity index (χ2n) is 35.0. The Labute approximate surface area is 820 Å². The lowest BCUT2D eigenvalue weighted by molar-refractivity contribution is 1.07. The predicted octanol–water partition coefficient (Wildman–Crippen LogP) is 33.6. The summed E-state index contributed by atoms with van der Waals surface area (Å²) in [6.45, 7) is 0. The third kappa shape index (κ3) is 15.5. The van der Waals surface area contributed by atoms with Gasteiger partial charge in [-0.1, -0.05) is 352 Å². The topological polar surface area (TPSA) is 155 Å². The summed E-state index contributed by atoms with van der Waals surface area (Å²) >= 11 is 5.09. The van der Waals surface area contributed by atoms with Crippen LogP contribution in [0.25, 0.3) is 273 Å². The zero-order chi connectivity index (χ0) is 93.2. The fourth-order valence-electron chi connectivity index (χ4n) is 20.2. The van der Waals surface area contributed by atoms with Crippen LogP contribution in [0.5, 0.6) is 0 Å². The fourth-order valence-corrected chi connectivity index (χ4v) is 22.5. The standard InChI is InChI=1S/C36H22N6.C32H18N2S2.C31H19NS.C27H17N3/c1-3-9-23(10-4-1)33-37-21-39-35(41-33)25-15-17-29-30-18-16-26(20-32(30)28-14-8-7-13-27(28)31(29)19-25)36-40-22-38-34(42-36)24-11-5-2-6-12-24;1-2-4-24-23(3-1)27-13-19(21-7-11-29-31(15-21)35-17-33-29)5-9-25(27)26-10-6-20(14-28(24)26)22-8-12-30-32(16-22)36-18-34-30;1-2-7-20(8-3-1)21-13-15-26-27-16-14-22(23-11-6-12-30-31(23)33-19-32-30)18-29(27)25-10-5-4-9-24(25)28(26)17-21;1-2-8-18(9-3-1)26-28-17-29-27(30-26)19-14-15-24-22-12-5-4-10-20(22)21-11-6-7-13-23(21)25(24)16-19/h1-22H;1-18H;1-19H;1-17H. The van der Waals surface area contributed by atoms with E-state index < -0.39 is 0 Å². The molecule has 0 unspecified atom stereocenters. The van der Waals surface area contributed by atoms with E-state index in [1.165, 1.54) is 156 Å². The van der Waals surface area contributed by atoms with E-state index in [9.17, 15) is 0 Å². The van der Waals surface area contributed by atoms with Crippen LogP contribution in [-0.4, -0.2) is 59.8 Å². The molecule has 0 bridgehead atoms. The zero-order valence-corrected chi connectivity index (χ0v) is 77.9. The fraction of sp³-hybridized carbons (Fsp3) is 0. The highest BCUT2D eigenvalue weighted by atomic mass is 32.1. The third-order valence-corrected chi connectivity index (χ3v) is 29.4. The second kappa shape index (κ2) is 35.9. The molecule has 0 amide bonds. The molecule has 0 aliphatic rings. The lowest BCUT2D eigenvalue weighted by atomic mass is 9.90. The Balaban J connectivity index is 0.0000000972. The van der Waals surface area contributed by atoms with E-state index in [-0.39, 0.29) is 0 Å². The van der Waals surface area contributed by atoms with Crippen molar-refractivity contribution in [3.8, 4) is 113 Å². The van der Waals surface area contributed by atoms with Gasteiger partial charge >= 0.3 is 0 Å². The minimum atomic E-state index is 0.648. The van der Waals surface area contributed by atoms with E-state index in [4.69, 9.17) is 15.0 Å². The molecule has 0 fully saturated rings. The summed E-state index contributed by atoms with van der Waals surface area (Å²) in [6.07, 6.45) is 4.76. The highest BCUT2D eigenvalue weighted by Crippen LogP contribution is 2.46. The molecule has 15 heteroatoms. The van der Waals surface area contributed by atoms with Crippen molar-refractivity contribution in [2.24, 2.45) is 0 Å². The quantitative estimate of drug-likeness (QED) is 0.120. The summed E-state index contributed by atoms with van der Waals surface area (Å²) in [6, 6.07) is 150. The highest BCUT2D eigenvalue weighted by molar-refractivity contribution is 7.17. The molecule has 0 aliphatic carbocycles. The first-order chi connectivity index (χ1) is 69.9. The van der Waals surface area contributed by atoms with Crippen LogP contribution in [0.2, 0.25) is 0 Å². The summed E-state index contributed by atoms with van der Waals surface area (Å²) in [7, 11) is 0. The molecule has 0 N–H and O–H groups in total. The smallest absolute Gasteiger partial charge is 0.163 e. The highest BCUT2D eigenvalue weighted by Gasteiger charge is 2.21. The van der Waals surface area contributed by atoms with Gasteiger partial charge in [0.2, 0.25) is 0 Å². The van der Waals surface area contributed by atoms with Crippen molar-refractivity contribution in [3.63, 3.8) is 0 Å². The third-order valence-electron chi connectivity index (χ3n) is 26.9. The minimum Gasteiger partial charge on any atom is -0.245 e. The normalized spacial score (nSPS) is 11.5. The van der Waals surface area contributed by atoms with Gasteiger partial charge in [-0.25, -0.2) is 59.8 Å². The average Bonchev–Trinajstić information content (AvgIpc) is 0.778. The number of aromatic nitrogens is 12. The van der Waals surface area contributed by atoms with Gasteiger partial charge in [-0.3, -0.25) is 0 Å². The molecule has 658 valence electrons. The van der Waals surface area contributed by atoms with E-state index in [1.54, 1.807) is 53.0 Å². The molecule has 23 aromatic carbocycles. The number of hydrogen-bond acceptors (Lipinski definition) is 15. The van der Waals surface area contributed by atoms with Crippen LogP contribution in [0.4, 0.5) is 0 Å². The van der Waals surface area contributed by atoms with E-state index in [0.717, 1.165) is 82.2 Å². The molecule has 29 rings (SSSR count). The largest absolute Gasteiger partial charge is 0.245 e. The lowest BCUT2D eigenvalue weighted by Gasteiger charge is -2.13. The molecule has 6 heterocycles. The molecular formula is C126H76N12S3. The Morgan fingerprint density at radius 2 is 0.362 bits per heavy atom. The Bertz CT molecular complexity index is 9580. The first-order valence-electron chi connectivity index (χ1n) is 46.7. The van der Waals surface area contributed by atoms with Gasteiger partial charge in [0.1, 0.15) is 19.0 Å². The van der Waals surface area contributed by atoms with Gasteiger partial charge in [-0.15, -0.1) is 34.0 Å². The van der Waals surface area contributed by atoms with Crippen molar-refractivity contribution in [2.75, 3.05) is 0 Å². The summed E-state index contributed by atoms with van der Waals surface area (Å²) in [5.74, 6) is 3.98. The van der Waals surface area contributed by atoms with Crippen LogP contribution < -0.4 is 0 Å². The van der Waals surface area contributed by atoms with Crippen molar-refractivity contribution in [1.29, 1.82) is 0 Å². The first-order valence-corrected chi connectivity index (χ1v) is 49.3. The maximum Gasteiger partial charge on any atom is 0.163 e. The van der Waals surface area contributed by atoms with Gasteiger partial charge in [0.25, 0.3) is 0 Å². The summed E-state index contributed by atoms with van der Waals surface area (Å²) in [5, 5.41) is 30.0. The number of rotatable bonds is 10. The molecular weight excluding hydrogens is 1780 g/mol. The maximum absolute atomic E-state index is 4.80. The zero-order valence-electron chi connectivity index (χ0n) is 75.5. The van der Waals surface area contributed by atoms with E-state index in [0.29, 0.717) is 34.9 Å². The SMILES string of the molecule is c1ccc(-c2ccc3c4ccc(-c5cccc6ncsc56)cc4c4ccccc4c3c2)cc1.c1ccc(-c2ncnc(-c3ccc4c5ccc(-c6ncnc(-c7ccccc7)n6)cc5c5ccccc5c4c3)n2)cc1.c1ccc(-c2ncnc(-c3ccc4c5ccccc5c5ccccc5c4c3)n2)cc1.c1ccc2c(c1)c1cc(-c3ccc4ncsc4c3)ccc1c1ccc(-c3ccc4ncsc4c3)cc21. The molecule has 0 saturated carbocycles. The van der Waals surface area contributed by atoms with Crippen LogP contribution in [0.15, 0.2) is 460 Å². The summed E-state index contributed by atoms with van der Waals surface area (Å²) < 4.78 is 3.69. The number of benzene rings is 23. The van der Waals surface area contributed by atoms with Crippen LogP contribution in [0, 0.1) is 0 Å². The van der Waals surface area contributed by atoms with Gasteiger partial charge in [-0.05, 0) is 241 Å².